The summed E-state index contributed by atoms with van der Waals surface area (Å²) in [5.74, 6) is 1.18. The van der Waals surface area contributed by atoms with Crippen LogP contribution in [0.2, 0.25) is 0 Å². The topological polar surface area (TPSA) is 106 Å². The zero-order valence-corrected chi connectivity index (χ0v) is 21.1. The summed E-state index contributed by atoms with van der Waals surface area (Å²) in [5.41, 5.74) is 0.955. The monoisotopic (exact) mass is 472 g/mol. The molecule has 2 atom stereocenters. The molecular weight excluding hydrogens is 440 g/mol. The molecule has 0 aliphatic carbocycles. The summed E-state index contributed by atoms with van der Waals surface area (Å²) in [5, 5.41) is 10.7. The van der Waals surface area contributed by atoms with Crippen molar-refractivity contribution >= 4 is 28.6 Å². The number of aryl methyl sites for hydroxylation is 1. The fourth-order valence-corrected chi connectivity index (χ4v) is 5.46. The van der Waals surface area contributed by atoms with Crippen LogP contribution >= 0.6 is 11.3 Å². The van der Waals surface area contributed by atoms with Crippen LogP contribution in [-0.4, -0.2) is 59.3 Å². The Morgan fingerprint density at radius 2 is 1.94 bits per heavy atom. The molecule has 0 aromatic carbocycles. The molecule has 1 saturated heterocycles. The van der Waals surface area contributed by atoms with Crippen molar-refractivity contribution < 1.29 is 14.6 Å². The van der Waals surface area contributed by atoms with Crippen LogP contribution in [0.4, 0.5) is 4.79 Å². The molecule has 0 radical (unpaired) electrons. The number of thiazole rings is 1. The van der Waals surface area contributed by atoms with E-state index in [1.807, 2.05) is 31.5 Å². The number of imidazole rings is 1. The third kappa shape index (κ3) is 4.28. The van der Waals surface area contributed by atoms with Crippen molar-refractivity contribution in [3.8, 4) is 16.6 Å². The normalized spacial score (nSPS) is 19.4. The van der Waals surface area contributed by atoms with Gasteiger partial charge in [-0.25, -0.2) is 19.7 Å². The van der Waals surface area contributed by atoms with Crippen molar-refractivity contribution in [2.45, 2.75) is 79.0 Å². The minimum absolute atomic E-state index is 0.0412. The van der Waals surface area contributed by atoms with Crippen molar-refractivity contribution in [2.75, 3.05) is 6.54 Å². The van der Waals surface area contributed by atoms with Gasteiger partial charge in [0, 0.05) is 31.1 Å². The van der Waals surface area contributed by atoms with Crippen molar-refractivity contribution in [2.24, 2.45) is 5.41 Å². The highest BCUT2D eigenvalue weighted by Crippen LogP contribution is 2.38. The van der Waals surface area contributed by atoms with Crippen LogP contribution in [-0.2, 0) is 12.0 Å². The maximum absolute atomic E-state index is 11.8. The van der Waals surface area contributed by atoms with Crippen molar-refractivity contribution in [3.63, 3.8) is 0 Å². The number of hydrogen-bond donors (Lipinski definition) is 1. The van der Waals surface area contributed by atoms with Crippen molar-refractivity contribution in [1.82, 2.24) is 29.4 Å². The molecule has 178 valence electrons. The molecule has 0 spiro atoms. The number of rotatable bonds is 4. The molecule has 4 rings (SSSR count). The van der Waals surface area contributed by atoms with Gasteiger partial charge in [-0.15, -0.1) is 11.3 Å². The van der Waals surface area contributed by atoms with E-state index in [1.54, 1.807) is 11.3 Å². The van der Waals surface area contributed by atoms with Gasteiger partial charge < -0.3 is 19.3 Å². The third-order valence-corrected chi connectivity index (χ3v) is 7.34. The number of carbonyl (C=O) groups is 1. The lowest BCUT2D eigenvalue weighted by atomic mass is 9.84. The van der Waals surface area contributed by atoms with E-state index in [4.69, 9.17) is 9.72 Å². The van der Waals surface area contributed by atoms with Crippen LogP contribution in [0.15, 0.2) is 12.5 Å². The average molecular weight is 473 g/mol. The molecule has 4 heterocycles. The number of aromatic nitrogens is 5. The van der Waals surface area contributed by atoms with Gasteiger partial charge in [0.05, 0.1) is 15.9 Å². The fraction of sp³-hybridized carbons (Fsp3) is 0.609. The molecule has 0 saturated carbocycles. The molecule has 1 aliphatic rings. The van der Waals surface area contributed by atoms with Crippen molar-refractivity contribution in [3.05, 3.63) is 17.5 Å². The number of ether oxygens (including phenoxy) is 1. The van der Waals surface area contributed by atoms with Gasteiger partial charge in [0.15, 0.2) is 17.0 Å². The Bertz CT molecular complexity index is 1170. The molecule has 3 aromatic rings. The summed E-state index contributed by atoms with van der Waals surface area (Å²) in [6, 6.07) is -0.288. The van der Waals surface area contributed by atoms with E-state index in [-0.39, 0.29) is 23.0 Å². The van der Waals surface area contributed by atoms with Crippen LogP contribution in [0.25, 0.3) is 21.9 Å². The zero-order valence-electron chi connectivity index (χ0n) is 20.3. The molecule has 1 amide bonds. The van der Waals surface area contributed by atoms with Crippen LogP contribution in [0.5, 0.6) is 5.88 Å². The maximum atomic E-state index is 11.8. The number of likely N-dealkylation sites (tertiary alicyclic amines) is 1. The second kappa shape index (κ2) is 8.23. The molecule has 3 aromatic heterocycles. The second-order valence-electron chi connectivity index (χ2n) is 10.5. The van der Waals surface area contributed by atoms with Gasteiger partial charge in [-0.05, 0) is 12.3 Å². The summed E-state index contributed by atoms with van der Waals surface area (Å²) in [6.07, 6.45) is 2.71. The highest BCUT2D eigenvalue weighted by Gasteiger charge is 2.46. The number of fused-ring (bicyclic) bond motifs is 1. The summed E-state index contributed by atoms with van der Waals surface area (Å²) in [6.45, 7) is 15.7. The zero-order chi connectivity index (χ0) is 24.1. The lowest BCUT2D eigenvalue weighted by Crippen LogP contribution is -2.48. The molecule has 10 heteroatoms. The SMILES string of the molecule is CCn1c(-c2cnc(C(C)(C)C)s2)nc2c(OC3CCN(C(=O)O)C3C(C)(C)C)ncnc21. The minimum Gasteiger partial charge on any atom is -0.470 e. The number of nitrogens with zero attached hydrogens (tertiary/aromatic N) is 6. The fourth-order valence-electron chi connectivity index (χ4n) is 4.48. The van der Waals surface area contributed by atoms with Gasteiger partial charge in [0.1, 0.15) is 12.4 Å². The Morgan fingerprint density at radius 3 is 2.52 bits per heavy atom. The highest BCUT2D eigenvalue weighted by atomic mass is 32.1. The molecule has 33 heavy (non-hydrogen) atoms. The second-order valence-corrected chi connectivity index (χ2v) is 11.6. The van der Waals surface area contributed by atoms with Gasteiger partial charge in [-0.2, -0.15) is 4.98 Å². The molecule has 1 fully saturated rings. The lowest BCUT2D eigenvalue weighted by molar-refractivity contribution is 0.0558. The minimum atomic E-state index is -0.925. The standard InChI is InChI=1S/C23H32N6O3S/c1-8-28-17(14-11-24-20(33-14)23(5,6)7)27-15-18(28)25-12-26-19(15)32-13-9-10-29(21(30)31)16(13)22(2,3)4/h11-13,16H,8-10H2,1-7H3,(H,30,31). The Balaban J connectivity index is 1.74. The smallest absolute Gasteiger partial charge is 0.407 e. The van der Waals surface area contributed by atoms with E-state index in [0.29, 0.717) is 36.6 Å². The van der Waals surface area contributed by atoms with E-state index >= 15 is 0 Å². The van der Waals surface area contributed by atoms with Gasteiger partial charge in [0.25, 0.3) is 0 Å². The van der Waals surface area contributed by atoms with E-state index in [0.717, 1.165) is 15.7 Å². The molecule has 0 bridgehead atoms. The largest absolute Gasteiger partial charge is 0.470 e. The van der Waals surface area contributed by atoms with E-state index in [1.165, 1.54) is 11.2 Å². The first kappa shape index (κ1) is 23.4. The van der Waals surface area contributed by atoms with Crippen LogP contribution in [0.1, 0.15) is 59.9 Å². The Hall–Kier alpha value is -2.75. The molecular formula is C23H32N6O3S. The quantitative estimate of drug-likeness (QED) is 0.580. The molecule has 1 N–H and O–H groups in total. The predicted octanol–water partition coefficient (Wildman–Crippen LogP) is 4.81. The maximum Gasteiger partial charge on any atom is 0.407 e. The molecule has 1 aliphatic heterocycles. The predicted molar refractivity (Wildman–Crippen MR) is 128 cm³/mol. The third-order valence-electron chi connectivity index (χ3n) is 5.92. The average Bonchev–Trinajstić information content (AvgIpc) is 3.43. The Labute approximate surface area is 197 Å². The summed E-state index contributed by atoms with van der Waals surface area (Å²) in [4.78, 5) is 32.6. The van der Waals surface area contributed by atoms with Crippen LogP contribution in [0.3, 0.4) is 0 Å². The Morgan fingerprint density at radius 1 is 1.21 bits per heavy atom. The first-order valence-electron chi connectivity index (χ1n) is 11.3. The molecule has 9 nitrogen and oxygen atoms in total. The van der Waals surface area contributed by atoms with Crippen LogP contribution < -0.4 is 4.74 Å². The van der Waals surface area contributed by atoms with Crippen LogP contribution in [0, 0.1) is 5.41 Å². The summed E-state index contributed by atoms with van der Waals surface area (Å²) in [7, 11) is 0. The van der Waals surface area contributed by atoms with E-state index in [2.05, 4.69) is 42.6 Å². The Kier molecular flexibility index (Phi) is 5.84. The first-order valence-corrected chi connectivity index (χ1v) is 12.1. The summed E-state index contributed by atoms with van der Waals surface area (Å²) < 4.78 is 8.42. The lowest BCUT2D eigenvalue weighted by Gasteiger charge is -2.36. The van der Waals surface area contributed by atoms with Gasteiger partial charge in [-0.3, -0.25) is 0 Å². The van der Waals surface area contributed by atoms with E-state index in [9.17, 15) is 9.90 Å². The number of amides is 1. The summed E-state index contributed by atoms with van der Waals surface area (Å²) >= 11 is 1.63. The van der Waals surface area contributed by atoms with Gasteiger partial charge >= 0.3 is 6.09 Å². The van der Waals surface area contributed by atoms with E-state index < -0.39 is 6.09 Å². The first-order chi connectivity index (χ1) is 15.4. The number of carboxylic acid groups (broad SMARTS) is 1. The highest BCUT2D eigenvalue weighted by molar-refractivity contribution is 7.15. The van der Waals surface area contributed by atoms with Gasteiger partial charge in [-0.1, -0.05) is 41.5 Å². The molecule has 2 unspecified atom stereocenters. The number of hydrogen-bond acceptors (Lipinski definition) is 7. The van der Waals surface area contributed by atoms with Gasteiger partial charge in [0.2, 0.25) is 5.88 Å². The van der Waals surface area contributed by atoms with Crippen molar-refractivity contribution in [1.29, 1.82) is 0 Å².